The van der Waals surface area contributed by atoms with Gasteiger partial charge in [-0.1, -0.05) is 45.2 Å². The smallest absolute Gasteiger partial charge is 0.262 e. The molecule has 0 unspecified atom stereocenters. The van der Waals surface area contributed by atoms with Gasteiger partial charge in [-0.3, -0.25) is 14.2 Å². The summed E-state index contributed by atoms with van der Waals surface area (Å²) >= 11 is 5.43. The summed E-state index contributed by atoms with van der Waals surface area (Å²) in [6.45, 7) is 5.47. The van der Waals surface area contributed by atoms with Gasteiger partial charge in [-0.25, -0.2) is 0 Å². The molecule has 0 aliphatic carbocycles. The van der Waals surface area contributed by atoms with Crippen molar-refractivity contribution in [1.82, 2.24) is 14.9 Å². The molecular weight excluding hydrogens is 438 g/mol. The lowest BCUT2D eigenvalue weighted by Crippen LogP contribution is -2.29. The third-order valence-corrected chi connectivity index (χ3v) is 6.45. The number of hydrogen-bond acceptors (Lipinski definition) is 5. The number of carbonyl (C=O) groups excluding carboxylic acids is 1. The number of benzene rings is 2. The minimum atomic E-state index is -0.202. The van der Waals surface area contributed by atoms with Gasteiger partial charge < -0.3 is 19.8 Å². The van der Waals surface area contributed by atoms with E-state index in [1.807, 2.05) is 12.1 Å². The number of aromatic nitrogens is 2. The van der Waals surface area contributed by atoms with Crippen LogP contribution in [0.3, 0.4) is 0 Å². The Hall–Kier alpha value is -3.13. The minimum absolute atomic E-state index is 0.0762. The molecule has 0 spiro atoms. The molecule has 2 N–H and O–H groups in total. The molecule has 8 heteroatoms. The molecule has 1 atom stereocenters. The third-order valence-electron chi connectivity index (χ3n) is 6.13. The van der Waals surface area contributed by atoms with Gasteiger partial charge in [0.2, 0.25) is 6.79 Å². The Labute approximate surface area is 197 Å². The summed E-state index contributed by atoms with van der Waals surface area (Å²) in [4.78, 5) is 28.7. The van der Waals surface area contributed by atoms with E-state index in [0.29, 0.717) is 51.7 Å². The van der Waals surface area contributed by atoms with Crippen molar-refractivity contribution in [1.29, 1.82) is 0 Å². The lowest BCUT2D eigenvalue weighted by Gasteiger charge is -2.15. The van der Waals surface area contributed by atoms with E-state index in [2.05, 4.69) is 24.1 Å². The van der Waals surface area contributed by atoms with Gasteiger partial charge in [0.15, 0.2) is 16.3 Å². The maximum absolute atomic E-state index is 13.1. The fraction of sp³-hybridized carbons (Fsp3) is 0.400. The second-order valence-corrected chi connectivity index (χ2v) is 8.78. The Kier molecular flexibility index (Phi) is 7.13. The maximum Gasteiger partial charge on any atom is 0.262 e. The summed E-state index contributed by atoms with van der Waals surface area (Å²) in [7, 11) is 0. The number of carbonyl (C=O) groups is 1. The van der Waals surface area contributed by atoms with E-state index in [4.69, 9.17) is 21.7 Å². The predicted octanol–water partition coefficient (Wildman–Crippen LogP) is 4.78. The number of aromatic amines is 1. The zero-order valence-electron chi connectivity index (χ0n) is 19.0. The Morgan fingerprint density at radius 2 is 1.91 bits per heavy atom. The lowest BCUT2D eigenvalue weighted by atomic mass is 9.99. The van der Waals surface area contributed by atoms with Crippen molar-refractivity contribution in [2.24, 2.45) is 5.92 Å². The molecule has 4 rings (SSSR count). The van der Waals surface area contributed by atoms with Gasteiger partial charge in [0.05, 0.1) is 17.4 Å². The van der Waals surface area contributed by atoms with Gasteiger partial charge in [0, 0.05) is 18.2 Å². The summed E-state index contributed by atoms with van der Waals surface area (Å²) in [5, 5.41) is 3.53. The molecule has 1 amide bonds. The SMILES string of the molecule is CCCC[C@@H](CC)CNC(=O)c1ccc(Cn2c(=S)[nH]c3cc4c(cc3c2=O)OCO4)cc1. The molecule has 33 heavy (non-hydrogen) atoms. The highest BCUT2D eigenvalue weighted by molar-refractivity contribution is 7.71. The zero-order valence-corrected chi connectivity index (χ0v) is 19.8. The van der Waals surface area contributed by atoms with Crippen LogP contribution in [0.25, 0.3) is 10.9 Å². The van der Waals surface area contributed by atoms with E-state index in [1.165, 1.54) is 17.4 Å². The molecule has 0 saturated carbocycles. The summed E-state index contributed by atoms with van der Waals surface area (Å²) < 4.78 is 12.6. The molecule has 0 fully saturated rings. The standard InChI is InChI=1S/C25H29N3O4S/c1-3-5-6-16(4-2)13-26-23(29)18-9-7-17(8-10-18)14-28-24(30)19-11-21-22(32-15-31-21)12-20(19)27-25(28)33/h7-12,16H,3-6,13-15H2,1-2H3,(H,26,29)(H,27,33)/t16-/m1/s1. The van der Waals surface area contributed by atoms with E-state index < -0.39 is 0 Å². The highest BCUT2D eigenvalue weighted by Crippen LogP contribution is 2.34. The maximum atomic E-state index is 13.1. The van der Waals surface area contributed by atoms with Crippen LogP contribution in [0.2, 0.25) is 0 Å². The highest BCUT2D eigenvalue weighted by atomic mass is 32.1. The van der Waals surface area contributed by atoms with Gasteiger partial charge in [-0.2, -0.15) is 0 Å². The van der Waals surface area contributed by atoms with E-state index in [1.54, 1.807) is 24.3 Å². The first-order valence-corrected chi connectivity index (χ1v) is 11.8. The second kappa shape index (κ2) is 10.2. The number of H-pyrrole nitrogens is 1. The largest absolute Gasteiger partial charge is 0.454 e. The predicted molar refractivity (Wildman–Crippen MR) is 131 cm³/mol. The number of nitrogens with zero attached hydrogens (tertiary/aromatic N) is 1. The van der Waals surface area contributed by atoms with Crippen LogP contribution in [-0.4, -0.2) is 28.8 Å². The number of fused-ring (bicyclic) bond motifs is 2. The van der Waals surface area contributed by atoms with E-state index >= 15 is 0 Å². The fourth-order valence-electron chi connectivity index (χ4n) is 4.01. The first-order valence-electron chi connectivity index (χ1n) is 11.4. The quantitative estimate of drug-likeness (QED) is 0.442. The molecule has 0 bridgehead atoms. The Balaban J connectivity index is 1.48. The molecule has 7 nitrogen and oxygen atoms in total. The van der Waals surface area contributed by atoms with Gasteiger partial charge >= 0.3 is 0 Å². The normalized spacial score (nSPS) is 13.3. The monoisotopic (exact) mass is 467 g/mol. The van der Waals surface area contributed by atoms with E-state index in [9.17, 15) is 9.59 Å². The van der Waals surface area contributed by atoms with Crippen LogP contribution in [0.1, 0.15) is 55.5 Å². The van der Waals surface area contributed by atoms with Crippen LogP contribution in [0.5, 0.6) is 11.5 Å². The summed E-state index contributed by atoms with van der Waals surface area (Å²) in [5.74, 6) is 1.57. The van der Waals surface area contributed by atoms with Crippen LogP contribution in [0.4, 0.5) is 0 Å². The number of hydrogen-bond donors (Lipinski definition) is 2. The van der Waals surface area contributed by atoms with Crippen molar-refractivity contribution in [3.05, 3.63) is 62.6 Å². The number of nitrogens with one attached hydrogen (secondary N) is 2. The molecule has 3 aromatic rings. The lowest BCUT2D eigenvalue weighted by molar-refractivity contribution is 0.0946. The van der Waals surface area contributed by atoms with Crippen LogP contribution in [0.15, 0.2) is 41.2 Å². The number of rotatable bonds is 9. The molecular formula is C25H29N3O4S. The molecule has 174 valence electrons. The van der Waals surface area contributed by atoms with Crippen molar-refractivity contribution in [3.63, 3.8) is 0 Å². The number of amides is 1. The summed E-state index contributed by atoms with van der Waals surface area (Å²) in [6, 6.07) is 10.7. The topological polar surface area (TPSA) is 85.4 Å². The average molecular weight is 468 g/mol. The average Bonchev–Trinajstić information content (AvgIpc) is 3.28. The number of unbranched alkanes of at least 4 members (excludes halogenated alkanes) is 1. The summed E-state index contributed by atoms with van der Waals surface area (Å²) in [6.07, 6.45) is 4.54. The Morgan fingerprint density at radius 3 is 2.61 bits per heavy atom. The van der Waals surface area contributed by atoms with Gasteiger partial charge in [0.1, 0.15) is 0 Å². The minimum Gasteiger partial charge on any atom is -0.454 e. The van der Waals surface area contributed by atoms with Crippen molar-refractivity contribution >= 4 is 29.0 Å². The van der Waals surface area contributed by atoms with Crippen LogP contribution in [0, 0.1) is 10.7 Å². The Bertz CT molecular complexity index is 1260. The van der Waals surface area contributed by atoms with Crippen LogP contribution in [-0.2, 0) is 6.54 Å². The summed E-state index contributed by atoms with van der Waals surface area (Å²) in [5.41, 5.74) is 1.89. The van der Waals surface area contributed by atoms with Crippen molar-refractivity contribution in [2.75, 3.05) is 13.3 Å². The molecule has 1 aliphatic rings. The molecule has 2 heterocycles. The van der Waals surface area contributed by atoms with Crippen molar-refractivity contribution in [3.8, 4) is 11.5 Å². The van der Waals surface area contributed by atoms with E-state index in [-0.39, 0.29) is 18.3 Å². The highest BCUT2D eigenvalue weighted by Gasteiger charge is 2.17. The van der Waals surface area contributed by atoms with Crippen LogP contribution < -0.4 is 20.3 Å². The van der Waals surface area contributed by atoms with Crippen molar-refractivity contribution in [2.45, 2.75) is 46.1 Å². The first-order chi connectivity index (χ1) is 16.0. The first kappa shape index (κ1) is 23.0. The van der Waals surface area contributed by atoms with E-state index in [0.717, 1.165) is 18.4 Å². The molecule has 0 radical (unpaired) electrons. The molecule has 2 aromatic carbocycles. The van der Waals surface area contributed by atoms with Crippen LogP contribution >= 0.6 is 12.2 Å². The second-order valence-electron chi connectivity index (χ2n) is 8.40. The fourth-order valence-corrected chi connectivity index (χ4v) is 4.27. The van der Waals surface area contributed by atoms with Gasteiger partial charge in [-0.15, -0.1) is 0 Å². The molecule has 1 aromatic heterocycles. The zero-order chi connectivity index (χ0) is 23.4. The Morgan fingerprint density at radius 1 is 1.18 bits per heavy atom. The molecule has 0 saturated heterocycles. The van der Waals surface area contributed by atoms with Crippen molar-refractivity contribution < 1.29 is 14.3 Å². The third kappa shape index (κ3) is 5.11. The molecule has 1 aliphatic heterocycles. The van der Waals surface area contributed by atoms with Gasteiger partial charge in [-0.05, 0) is 48.3 Å². The van der Waals surface area contributed by atoms with Gasteiger partial charge in [0.25, 0.3) is 11.5 Å². The number of ether oxygens (including phenoxy) is 2.